The third kappa shape index (κ3) is 4.32. The summed E-state index contributed by atoms with van der Waals surface area (Å²) in [7, 11) is 0. The van der Waals surface area contributed by atoms with Crippen molar-refractivity contribution < 1.29 is 4.79 Å². The zero-order valence-electron chi connectivity index (χ0n) is 8.89. The molecule has 0 unspecified atom stereocenters. The van der Waals surface area contributed by atoms with E-state index in [1.165, 1.54) is 32.1 Å². The highest BCUT2D eigenvalue weighted by atomic mass is 35.5. The van der Waals surface area contributed by atoms with E-state index >= 15 is 0 Å². The first kappa shape index (κ1) is 11.8. The number of hydrogen-bond donors (Lipinski definition) is 1. The highest BCUT2D eigenvalue weighted by Gasteiger charge is 2.16. The summed E-state index contributed by atoms with van der Waals surface area (Å²) in [5.74, 6) is -0.0164. The number of hydrogen-bond acceptors (Lipinski definition) is 1. The normalized spacial score (nSPS) is 22.1. The third-order valence-electron chi connectivity index (χ3n) is 2.81. The van der Waals surface area contributed by atoms with Crippen molar-refractivity contribution in [3.63, 3.8) is 0 Å². The van der Waals surface area contributed by atoms with Gasteiger partial charge in [0.2, 0.25) is 5.91 Å². The molecule has 0 aromatic heterocycles. The predicted molar refractivity (Wildman–Crippen MR) is 59.6 cm³/mol. The summed E-state index contributed by atoms with van der Waals surface area (Å²) < 4.78 is 0. The van der Waals surface area contributed by atoms with Crippen LogP contribution in [0.2, 0.25) is 0 Å². The van der Waals surface area contributed by atoms with E-state index in [1.807, 2.05) is 0 Å². The quantitative estimate of drug-likeness (QED) is 0.709. The monoisotopic (exact) mass is 217 g/mol. The second-order valence-electron chi connectivity index (χ2n) is 4.17. The fourth-order valence-corrected chi connectivity index (χ4v) is 1.98. The number of rotatable bonds is 2. The Kier molecular flexibility index (Phi) is 5.31. The minimum Gasteiger partial charge on any atom is -0.352 e. The van der Waals surface area contributed by atoms with Gasteiger partial charge < -0.3 is 5.32 Å². The fraction of sp³-hybridized carbons (Fsp3) is 0.909. The van der Waals surface area contributed by atoms with E-state index in [0.29, 0.717) is 6.04 Å². The summed E-state index contributed by atoms with van der Waals surface area (Å²) in [5.41, 5.74) is 0. The van der Waals surface area contributed by atoms with Gasteiger partial charge in [-0.15, -0.1) is 11.6 Å². The van der Waals surface area contributed by atoms with Crippen molar-refractivity contribution in [3.8, 4) is 0 Å². The number of halogens is 1. The average Bonchev–Trinajstić information content (AvgIpc) is 2.08. The molecule has 1 atom stereocenters. The molecule has 3 heteroatoms. The van der Waals surface area contributed by atoms with Gasteiger partial charge in [-0.2, -0.15) is 0 Å². The molecule has 1 aliphatic rings. The topological polar surface area (TPSA) is 29.1 Å². The number of nitrogens with one attached hydrogen (secondary N) is 1. The maximum Gasteiger partial charge on any atom is 0.237 e. The molecular formula is C11H20ClNO. The molecule has 0 aliphatic heterocycles. The van der Waals surface area contributed by atoms with Crippen LogP contribution in [0.5, 0.6) is 0 Å². The first-order chi connectivity index (χ1) is 6.70. The molecule has 0 spiro atoms. The number of carbonyl (C=O) groups excluding carboxylic acids is 1. The highest BCUT2D eigenvalue weighted by Crippen LogP contribution is 2.17. The Labute approximate surface area is 91.4 Å². The van der Waals surface area contributed by atoms with Crippen LogP contribution in [0.1, 0.15) is 51.9 Å². The van der Waals surface area contributed by atoms with Gasteiger partial charge in [-0.25, -0.2) is 0 Å². The molecule has 14 heavy (non-hydrogen) atoms. The van der Waals surface area contributed by atoms with Crippen LogP contribution >= 0.6 is 11.6 Å². The minimum absolute atomic E-state index is 0.0164. The predicted octanol–water partition coefficient (Wildman–Crippen LogP) is 2.84. The van der Waals surface area contributed by atoms with Crippen molar-refractivity contribution in [2.75, 3.05) is 0 Å². The Balaban J connectivity index is 2.30. The van der Waals surface area contributed by atoms with E-state index in [4.69, 9.17) is 11.6 Å². The third-order valence-corrected chi connectivity index (χ3v) is 3.01. The van der Waals surface area contributed by atoms with Gasteiger partial charge in [-0.1, -0.05) is 32.1 Å². The molecule has 1 rings (SSSR count). The van der Waals surface area contributed by atoms with Crippen LogP contribution in [0.25, 0.3) is 0 Å². The highest BCUT2D eigenvalue weighted by molar-refractivity contribution is 6.30. The van der Waals surface area contributed by atoms with Gasteiger partial charge in [-0.05, 0) is 19.8 Å². The van der Waals surface area contributed by atoms with Crippen LogP contribution in [0.15, 0.2) is 0 Å². The molecule has 0 aromatic rings. The second-order valence-corrected chi connectivity index (χ2v) is 4.82. The van der Waals surface area contributed by atoms with Crippen LogP contribution in [0, 0.1) is 0 Å². The van der Waals surface area contributed by atoms with Gasteiger partial charge in [0.05, 0.1) is 0 Å². The Morgan fingerprint density at radius 2 is 1.71 bits per heavy atom. The van der Waals surface area contributed by atoms with E-state index < -0.39 is 5.38 Å². The molecule has 1 N–H and O–H groups in total. The zero-order valence-corrected chi connectivity index (χ0v) is 9.65. The van der Waals surface area contributed by atoms with Crippen LogP contribution in [-0.2, 0) is 4.79 Å². The summed E-state index contributed by atoms with van der Waals surface area (Å²) >= 11 is 5.71. The number of carbonyl (C=O) groups is 1. The van der Waals surface area contributed by atoms with Crippen molar-refractivity contribution in [1.82, 2.24) is 5.32 Å². The van der Waals surface area contributed by atoms with E-state index in [2.05, 4.69) is 5.32 Å². The molecular weight excluding hydrogens is 198 g/mol. The van der Waals surface area contributed by atoms with Crippen LogP contribution in [0.4, 0.5) is 0 Å². The van der Waals surface area contributed by atoms with Gasteiger partial charge in [0.15, 0.2) is 0 Å². The molecule has 1 amide bonds. The lowest BCUT2D eigenvalue weighted by Gasteiger charge is -2.21. The summed E-state index contributed by atoms with van der Waals surface area (Å²) in [6, 6.07) is 0.365. The van der Waals surface area contributed by atoms with Crippen LogP contribution < -0.4 is 5.32 Å². The largest absolute Gasteiger partial charge is 0.352 e. The van der Waals surface area contributed by atoms with Crippen LogP contribution in [-0.4, -0.2) is 17.3 Å². The molecule has 0 bridgehead atoms. The molecule has 1 fully saturated rings. The molecule has 0 saturated heterocycles. The number of alkyl halides is 1. The van der Waals surface area contributed by atoms with Gasteiger partial charge in [0, 0.05) is 6.04 Å². The fourth-order valence-electron chi connectivity index (χ4n) is 1.92. The van der Waals surface area contributed by atoms with Gasteiger partial charge in [-0.3, -0.25) is 4.79 Å². The smallest absolute Gasteiger partial charge is 0.237 e. The molecule has 1 aliphatic carbocycles. The lowest BCUT2D eigenvalue weighted by Crippen LogP contribution is -2.38. The van der Waals surface area contributed by atoms with Crippen molar-refractivity contribution in [3.05, 3.63) is 0 Å². The SMILES string of the molecule is C[C@H](Cl)C(=O)NC1CCCCCCC1. The van der Waals surface area contributed by atoms with Gasteiger partial charge in [0.1, 0.15) is 5.38 Å². The van der Waals surface area contributed by atoms with Gasteiger partial charge >= 0.3 is 0 Å². The average molecular weight is 218 g/mol. The van der Waals surface area contributed by atoms with Crippen molar-refractivity contribution in [1.29, 1.82) is 0 Å². The van der Waals surface area contributed by atoms with Gasteiger partial charge in [0.25, 0.3) is 0 Å². The lowest BCUT2D eigenvalue weighted by molar-refractivity contribution is -0.121. The van der Waals surface area contributed by atoms with Crippen molar-refractivity contribution in [2.45, 2.75) is 63.3 Å². The van der Waals surface area contributed by atoms with E-state index in [-0.39, 0.29) is 5.91 Å². The maximum absolute atomic E-state index is 11.4. The summed E-state index contributed by atoms with van der Waals surface area (Å²) in [6.07, 6.45) is 8.69. The van der Waals surface area contributed by atoms with E-state index in [9.17, 15) is 4.79 Å². The molecule has 82 valence electrons. The molecule has 2 nitrogen and oxygen atoms in total. The summed E-state index contributed by atoms with van der Waals surface area (Å²) in [4.78, 5) is 11.4. The van der Waals surface area contributed by atoms with E-state index in [0.717, 1.165) is 12.8 Å². The zero-order chi connectivity index (χ0) is 10.4. The first-order valence-corrected chi connectivity index (χ1v) is 6.08. The van der Waals surface area contributed by atoms with Crippen LogP contribution in [0.3, 0.4) is 0 Å². The molecule has 0 aromatic carbocycles. The van der Waals surface area contributed by atoms with Crippen molar-refractivity contribution in [2.24, 2.45) is 0 Å². The lowest BCUT2D eigenvalue weighted by atomic mass is 9.97. The Bertz CT molecular complexity index is 174. The Morgan fingerprint density at radius 3 is 2.21 bits per heavy atom. The standard InChI is InChI=1S/C11H20ClNO/c1-9(12)11(14)13-10-7-5-3-2-4-6-8-10/h9-10H,2-8H2,1H3,(H,13,14)/t9-/m0/s1. The second kappa shape index (κ2) is 6.28. The molecule has 0 heterocycles. The van der Waals surface area contributed by atoms with Crippen molar-refractivity contribution >= 4 is 17.5 Å². The molecule has 0 radical (unpaired) electrons. The summed E-state index contributed by atoms with van der Waals surface area (Å²) in [6.45, 7) is 1.72. The minimum atomic E-state index is -0.402. The Morgan fingerprint density at radius 1 is 1.21 bits per heavy atom. The molecule has 1 saturated carbocycles. The first-order valence-electron chi connectivity index (χ1n) is 5.64. The summed E-state index contributed by atoms with van der Waals surface area (Å²) in [5, 5.41) is 2.61. The van der Waals surface area contributed by atoms with E-state index in [1.54, 1.807) is 6.92 Å². The maximum atomic E-state index is 11.4. The number of amides is 1. The Hall–Kier alpha value is -0.240.